The van der Waals surface area contributed by atoms with E-state index in [0.29, 0.717) is 13.2 Å². The summed E-state index contributed by atoms with van der Waals surface area (Å²) >= 11 is 0. The Kier molecular flexibility index (Phi) is 6.49. The Morgan fingerprint density at radius 3 is 1.71 bits per heavy atom. The third kappa shape index (κ3) is 4.04. The first-order valence-corrected chi connectivity index (χ1v) is 11.6. The third-order valence-electron chi connectivity index (χ3n) is 7.93. The molecule has 0 unspecified atom stereocenters. The highest BCUT2D eigenvalue weighted by Crippen LogP contribution is 2.51. The van der Waals surface area contributed by atoms with Crippen LogP contribution in [0.3, 0.4) is 0 Å². The molecule has 31 heavy (non-hydrogen) atoms. The molecule has 1 saturated carbocycles. The van der Waals surface area contributed by atoms with Crippen LogP contribution in [0.25, 0.3) is 0 Å². The molecule has 4 rings (SSSR count). The van der Waals surface area contributed by atoms with Crippen molar-refractivity contribution < 1.29 is 9.53 Å². The predicted molar refractivity (Wildman–Crippen MR) is 125 cm³/mol. The Hall–Kier alpha value is -2.17. The van der Waals surface area contributed by atoms with Gasteiger partial charge in [-0.1, -0.05) is 60.7 Å². The molecule has 0 atom stereocenters. The third-order valence-corrected chi connectivity index (χ3v) is 7.93. The van der Waals surface area contributed by atoms with Gasteiger partial charge in [-0.25, -0.2) is 0 Å². The van der Waals surface area contributed by atoms with E-state index in [1.54, 1.807) is 0 Å². The fourth-order valence-electron chi connectivity index (χ4n) is 5.82. The predicted octanol–water partition coefficient (Wildman–Crippen LogP) is 4.80. The topological polar surface area (TPSA) is 32.8 Å². The molecular formula is C27H36N2O2. The number of rotatable bonds is 5. The minimum Gasteiger partial charge on any atom is -0.381 e. The van der Waals surface area contributed by atoms with Gasteiger partial charge in [-0.2, -0.15) is 0 Å². The molecule has 0 N–H and O–H groups in total. The van der Waals surface area contributed by atoms with Crippen molar-refractivity contribution in [3.05, 3.63) is 71.8 Å². The second-order valence-corrected chi connectivity index (χ2v) is 9.47. The van der Waals surface area contributed by atoms with Gasteiger partial charge >= 0.3 is 0 Å². The zero-order valence-corrected chi connectivity index (χ0v) is 19.2. The monoisotopic (exact) mass is 420 g/mol. The summed E-state index contributed by atoms with van der Waals surface area (Å²) in [7, 11) is 6.43. The van der Waals surface area contributed by atoms with Gasteiger partial charge in [0.15, 0.2) is 0 Å². The van der Waals surface area contributed by atoms with E-state index < -0.39 is 0 Å². The lowest BCUT2D eigenvalue weighted by Gasteiger charge is -2.53. The van der Waals surface area contributed by atoms with Gasteiger partial charge in [-0.05, 0) is 63.7 Å². The quantitative estimate of drug-likeness (QED) is 0.697. The van der Waals surface area contributed by atoms with Crippen LogP contribution >= 0.6 is 0 Å². The molecular weight excluding hydrogens is 384 g/mol. The molecule has 1 aliphatic carbocycles. The number of benzene rings is 2. The van der Waals surface area contributed by atoms with Crippen molar-refractivity contribution in [2.24, 2.45) is 5.92 Å². The smallest absolute Gasteiger partial charge is 0.226 e. The maximum absolute atomic E-state index is 13.6. The number of nitrogens with zero attached hydrogens (tertiary/aromatic N) is 2. The van der Waals surface area contributed by atoms with Gasteiger partial charge in [0.25, 0.3) is 0 Å². The van der Waals surface area contributed by atoms with E-state index in [4.69, 9.17) is 4.74 Å². The Labute approximate surface area is 187 Å². The van der Waals surface area contributed by atoms with E-state index in [-0.39, 0.29) is 22.9 Å². The number of hydrogen-bond donors (Lipinski definition) is 0. The second kappa shape index (κ2) is 9.13. The van der Waals surface area contributed by atoms with Crippen LogP contribution in [0.15, 0.2) is 60.7 Å². The molecule has 1 aliphatic heterocycles. The fourth-order valence-corrected chi connectivity index (χ4v) is 5.82. The molecule has 1 amide bonds. The zero-order valence-electron chi connectivity index (χ0n) is 19.2. The first kappa shape index (κ1) is 22.0. The minimum absolute atomic E-state index is 0.00209. The van der Waals surface area contributed by atoms with E-state index in [1.807, 2.05) is 7.05 Å². The van der Waals surface area contributed by atoms with Gasteiger partial charge in [-0.15, -0.1) is 0 Å². The lowest BCUT2D eigenvalue weighted by molar-refractivity contribution is -0.146. The molecule has 166 valence electrons. The van der Waals surface area contributed by atoms with Crippen molar-refractivity contribution in [3.8, 4) is 0 Å². The molecule has 0 aromatic heterocycles. The molecule has 0 bridgehead atoms. The first-order chi connectivity index (χ1) is 15.0. The molecule has 1 heterocycles. The summed E-state index contributed by atoms with van der Waals surface area (Å²) in [4.78, 5) is 18.1. The lowest BCUT2D eigenvalue weighted by atomic mass is 9.65. The fraction of sp³-hybridized carbons (Fsp3) is 0.519. The Balaban J connectivity index is 1.67. The maximum atomic E-state index is 13.6. The van der Waals surface area contributed by atoms with Gasteiger partial charge < -0.3 is 9.64 Å². The Morgan fingerprint density at radius 2 is 1.23 bits per heavy atom. The van der Waals surface area contributed by atoms with Crippen LogP contribution in [0.1, 0.15) is 49.7 Å². The van der Waals surface area contributed by atoms with Crippen molar-refractivity contribution >= 4 is 5.91 Å². The van der Waals surface area contributed by atoms with Crippen LogP contribution in [-0.2, 0) is 20.6 Å². The van der Waals surface area contributed by atoms with E-state index in [9.17, 15) is 4.79 Å². The summed E-state index contributed by atoms with van der Waals surface area (Å²) in [6, 6.07) is 21.6. The van der Waals surface area contributed by atoms with Gasteiger partial charge in [-0.3, -0.25) is 9.69 Å². The average Bonchev–Trinajstić information content (AvgIpc) is 2.84. The van der Waals surface area contributed by atoms with Crippen LogP contribution in [0, 0.1) is 5.92 Å². The normalized spacial score (nSPS) is 27.2. The van der Waals surface area contributed by atoms with Crippen LogP contribution in [0.5, 0.6) is 0 Å². The molecule has 2 fully saturated rings. The molecule has 0 radical (unpaired) electrons. The highest BCUT2D eigenvalue weighted by molar-refractivity contribution is 5.79. The summed E-state index contributed by atoms with van der Waals surface area (Å²) < 4.78 is 5.51. The second-order valence-electron chi connectivity index (χ2n) is 9.47. The largest absolute Gasteiger partial charge is 0.381 e. The van der Waals surface area contributed by atoms with Crippen molar-refractivity contribution in [1.82, 2.24) is 9.80 Å². The standard InChI is InChI=1S/C27H36N2O2/c1-28(2)26(23-10-6-4-7-11-23)16-18-27(19-17-26,24-12-8-5-9-13-24)29(3)25(30)22-14-20-31-21-15-22/h4-13,22H,14-21H2,1-3H3. The molecule has 2 aromatic rings. The Morgan fingerprint density at radius 1 is 0.774 bits per heavy atom. The number of hydrogen-bond acceptors (Lipinski definition) is 3. The van der Waals surface area contributed by atoms with Crippen LogP contribution in [0.4, 0.5) is 0 Å². The summed E-state index contributed by atoms with van der Waals surface area (Å²) in [5, 5.41) is 0. The first-order valence-electron chi connectivity index (χ1n) is 11.6. The van der Waals surface area contributed by atoms with E-state index in [0.717, 1.165) is 38.5 Å². The van der Waals surface area contributed by atoms with Crippen molar-refractivity contribution in [3.63, 3.8) is 0 Å². The summed E-state index contributed by atoms with van der Waals surface area (Å²) in [5.74, 6) is 0.359. The SMILES string of the molecule is CN(C)C1(c2ccccc2)CCC(c2ccccc2)(N(C)C(=O)C2CCOCC2)CC1. The average molecular weight is 421 g/mol. The van der Waals surface area contributed by atoms with Crippen LogP contribution < -0.4 is 0 Å². The molecule has 4 nitrogen and oxygen atoms in total. The van der Waals surface area contributed by atoms with E-state index >= 15 is 0 Å². The van der Waals surface area contributed by atoms with Gasteiger partial charge in [0.2, 0.25) is 5.91 Å². The molecule has 2 aliphatic rings. The van der Waals surface area contributed by atoms with Gasteiger partial charge in [0, 0.05) is 31.7 Å². The van der Waals surface area contributed by atoms with Gasteiger partial charge in [0.1, 0.15) is 0 Å². The maximum Gasteiger partial charge on any atom is 0.226 e. The highest BCUT2D eigenvalue weighted by atomic mass is 16.5. The van der Waals surface area contributed by atoms with Crippen LogP contribution in [0.2, 0.25) is 0 Å². The summed E-state index contributed by atoms with van der Waals surface area (Å²) in [5.41, 5.74) is 2.38. The van der Waals surface area contributed by atoms with Crippen LogP contribution in [-0.4, -0.2) is 50.1 Å². The molecule has 1 saturated heterocycles. The van der Waals surface area contributed by atoms with E-state index in [1.165, 1.54) is 11.1 Å². The van der Waals surface area contributed by atoms with Crippen molar-refractivity contribution in [2.75, 3.05) is 34.4 Å². The van der Waals surface area contributed by atoms with Crippen molar-refractivity contribution in [1.29, 1.82) is 0 Å². The zero-order chi connectivity index (χ0) is 21.9. The molecule has 0 spiro atoms. The lowest BCUT2D eigenvalue weighted by Crippen LogP contribution is -2.56. The number of amides is 1. The number of carbonyl (C=O) groups is 1. The van der Waals surface area contributed by atoms with E-state index in [2.05, 4.69) is 84.6 Å². The number of carbonyl (C=O) groups excluding carboxylic acids is 1. The van der Waals surface area contributed by atoms with Crippen molar-refractivity contribution in [2.45, 2.75) is 49.6 Å². The summed E-state index contributed by atoms with van der Waals surface area (Å²) in [6.45, 7) is 1.39. The molecule has 2 aromatic carbocycles. The minimum atomic E-state index is -0.259. The Bertz CT molecular complexity index is 851. The number of ether oxygens (including phenoxy) is 1. The summed E-state index contributed by atoms with van der Waals surface area (Å²) in [6.07, 6.45) is 5.61. The molecule has 4 heteroatoms. The highest BCUT2D eigenvalue weighted by Gasteiger charge is 2.49. The van der Waals surface area contributed by atoms with Gasteiger partial charge in [0.05, 0.1) is 5.54 Å².